The van der Waals surface area contributed by atoms with Gasteiger partial charge in [0.2, 0.25) is 0 Å². The van der Waals surface area contributed by atoms with Crippen molar-refractivity contribution in [2.24, 2.45) is 0 Å². The van der Waals surface area contributed by atoms with Crippen LogP contribution >= 0.6 is 0 Å². The summed E-state index contributed by atoms with van der Waals surface area (Å²) >= 11 is 0. The van der Waals surface area contributed by atoms with Gasteiger partial charge in [0.1, 0.15) is 5.39 Å². The van der Waals surface area contributed by atoms with E-state index in [4.69, 9.17) is 0 Å². The molecule has 4 aromatic rings. The highest BCUT2D eigenvalue weighted by molar-refractivity contribution is 6.03. The summed E-state index contributed by atoms with van der Waals surface area (Å²) in [5, 5.41) is 3.72. The van der Waals surface area contributed by atoms with Gasteiger partial charge in [-0.2, -0.15) is 0 Å². The van der Waals surface area contributed by atoms with E-state index in [9.17, 15) is 9.59 Å². The molecule has 0 aliphatic carbocycles. The van der Waals surface area contributed by atoms with E-state index in [2.05, 4.69) is 10.1 Å². The van der Waals surface area contributed by atoms with Crippen LogP contribution in [0.5, 0.6) is 0 Å². The molecule has 2 heterocycles. The minimum atomic E-state index is -0.388. The molecular formula is C16H11N3O2. The summed E-state index contributed by atoms with van der Waals surface area (Å²) in [5.74, 6) is 0. The summed E-state index contributed by atoms with van der Waals surface area (Å²) in [5.41, 5.74) is 1.35. The van der Waals surface area contributed by atoms with Gasteiger partial charge in [-0.1, -0.05) is 36.4 Å². The lowest BCUT2D eigenvalue weighted by molar-refractivity contribution is 0.893. The predicted octanol–water partition coefficient (Wildman–Crippen LogP) is 2.16. The molecule has 0 atom stereocenters. The SMILES string of the molecule is O=c1[nH]c2ccccc2c2c1c(=O)[nH]n2-c1ccccc1. The van der Waals surface area contributed by atoms with Crippen LogP contribution in [0, 0.1) is 0 Å². The van der Waals surface area contributed by atoms with E-state index >= 15 is 0 Å². The number of hydrogen-bond acceptors (Lipinski definition) is 2. The average Bonchev–Trinajstić information content (AvgIpc) is 2.87. The first-order valence-electron chi connectivity index (χ1n) is 6.57. The topological polar surface area (TPSA) is 70.7 Å². The summed E-state index contributed by atoms with van der Waals surface area (Å²) < 4.78 is 1.66. The third-order valence-electron chi connectivity index (χ3n) is 3.57. The van der Waals surface area contributed by atoms with Crippen LogP contribution in [-0.2, 0) is 0 Å². The standard InChI is InChI=1S/C16H11N3O2/c20-15-13-14(11-8-4-5-9-12(11)17-15)19(18-16(13)21)10-6-2-1-3-7-10/h1-9H,(H,17,20)(H,18,21). The van der Waals surface area contributed by atoms with Crippen LogP contribution in [0.3, 0.4) is 0 Å². The van der Waals surface area contributed by atoms with E-state index < -0.39 is 0 Å². The number of nitrogens with one attached hydrogen (secondary N) is 2. The van der Waals surface area contributed by atoms with Crippen molar-refractivity contribution in [3.63, 3.8) is 0 Å². The molecule has 0 fully saturated rings. The van der Waals surface area contributed by atoms with E-state index in [1.54, 1.807) is 4.68 Å². The predicted molar refractivity (Wildman–Crippen MR) is 82.0 cm³/mol. The zero-order chi connectivity index (χ0) is 14.4. The molecule has 0 aliphatic rings. The Kier molecular flexibility index (Phi) is 2.35. The molecule has 0 unspecified atom stereocenters. The molecule has 0 radical (unpaired) electrons. The lowest BCUT2D eigenvalue weighted by Gasteiger charge is -2.06. The van der Waals surface area contributed by atoms with Crippen LogP contribution in [0.15, 0.2) is 64.2 Å². The number of pyridine rings is 1. The first-order valence-corrected chi connectivity index (χ1v) is 6.57. The number of benzene rings is 2. The van der Waals surface area contributed by atoms with Gasteiger partial charge < -0.3 is 4.98 Å². The number of nitrogens with zero attached hydrogens (tertiary/aromatic N) is 1. The fraction of sp³-hybridized carbons (Fsp3) is 0. The Bertz CT molecular complexity index is 1070. The monoisotopic (exact) mass is 277 g/mol. The van der Waals surface area contributed by atoms with Crippen molar-refractivity contribution in [2.45, 2.75) is 0 Å². The highest BCUT2D eigenvalue weighted by Gasteiger charge is 2.15. The van der Waals surface area contributed by atoms with Crippen molar-refractivity contribution in [3.05, 3.63) is 75.3 Å². The summed E-state index contributed by atoms with van der Waals surface area (Å²) in [6, 6.07) is 16.9. The molecule has 21 heavy (non-hydrogen) atoms. The van der Waals surface area contributed by atoms with Crippen LogP contribution in [0.1, 0.15) is 0 Å². The molecule has 2 aromatic heterocycles. The Balaban J connectivity index is 2.29. The molecule has 0 bridgehead atoms. The molecule has 2 N–H and O–H groups in total. The van der Waals surface area contributed by atoms with Crippen molar-refractivity contribution in [2.75, 3.05) is 0 Å². The molecule has 5 nitrogen and oxygen atoms in total. The van der Waals surface area contributed by atoms with E-state index in [0.29, 0.717) is 11.0 Å². The second-order valence-electron chi connectivity index (χ2n) is 4.84. The molecular weight excluding hydrogens is 266 g/mol. The van der Waals surface area contributed by atoms with Gasteiger partial charge in [0.05, 0.1) is 16.7 Å². The Labute approximate surface area is 118 Å². The zero-order valence-electron chi connectivity index (χ0n) is 11.0. The lowest BCUT2D eigenvalue weighted by atomic mass is 10.1. The Morgan fingerprint density at radius 2 is 1.52 bits per heavy atom. The highest BCUT2D eigenvalue weighted by Crippen LogP contribution is 2.21. The molecule has 0 spiro atoms. The third kappa shape index (κ3) is 1.64. The second-order valence-corrected chi connectivity index (χ2v) is 4.84. The van der Waals surface area contributed by atoms with Crippen molar-refractivity contribution < 1.29 is 0 Å². The Morgan fingerprint density at radius 1 is 0.810 bits per heavy atom. The van der Waals surface area contributed by atoms with E-state index in [-0.39, 0.29) is 16.5 Å². The molecule has 4 rings (SSSR count). The summed E-state index contributed by atoms with van der Waals surface area (Å²) in [6.07, 6.45) is 0. The van der Waals surface area contributed by atoms with E-state index in [0.717, 1.165) is 11.1 Å². The quantitative estimate of drug-likeness (QED) is 0.559. The fourth-order valence-electron chi connectivity index (χ4n) is 2.65. The van der Waals surface area contributed by atoms with Gasteiger partial charge in [-0.15, -0.1) is 0 Å². The molecule has 0 aliphatic heterocycles. The second kappa shape index (κ2) is 4.21. The highest BCUT2D eigenvalue weighted by atomic mass is 16.1. The van der Waals surface area contributed by atoms with Gasteiger partial charge in [0.15, 0.2) is 0 Å². The minimum absolute atomic E-state index is 0.151. The first kappa shape index (κ1) is 11.7. The van der Waals surface area contributed by atoms with Crippen molar-refractivity contribution >= 4 is 21.8 Å². The van der Waals surface area contributed by atoms with Gasteiger partial charge in [-0.3, -0.25) is 19.4 Å². The Morgan fingerprint density at radius 3 is 2.33 bits per heavy atom. The fourth-order valence-corrected chi connectivity index (χ4v) is 2.65. The largest absolute Gasteiger partial charge is 0.321 e. The van der Waals surface area contributed by atoms with Gasteiger partial charge in [0.25, 0.3) is 11.1 Å². The van der Waals surface area contributed by atoms with Crippen molar-refractivity contribution in [1.29, 1.82) is 0 Å². The molecule has 5 heteroatoms. The van der Waals surface area contributed by atoms with Gasteiger partial charge in [0, 0.05) is 5.39 Å². The van der Waals surface area contributed by atoms with Crippen molar-refractivity contribution in [1.82, 2.24) is 14.8 Å². The molecule has 102 valence electrons. The van der Waals surface area contributed by atoms with Crippen LogP contribution < -0.4 is 11.1 Å². The molecule has 0 saturated carbocycles. The molecule has 0 saturated heterocycles. The zero-order valence-corrected chi connectivity index (χ0v) is 11.0. The maximum atomic E-state index is 12.2. The van der Waals surface area contributed by atoms with Gasteiger partial charge in [-0.25, -0.2) is 0 Å². The number of hydrogen-bond donors (Lipinski definition) is 2. The van der Waals surface area contributed by atoms with E-state index in [1.165, 1.54) is 0 Å². The normalized spacial score (nSPS) is 11.2. The molecule has 0 amide bonds. The number of fused-ring (bicyclic) bond motifs is 3. The Hall–Kier alpha value is -3.08. The van der Waals surface area contributed by atoms with Crippen LogP contribution in [0.2, 0.25) is 0 Å². The summed E-state index contributed by atoms with van der Waals surface area (Å²) in [7, 11) is 0. The summed E-state index contributed by atoms with van der Waals surface area (Å²) in [4.78, 5) is 27.1. The number of aromatic nitrogens is 3. The molecule has 2 aromatic carbocycles. The number of H-pyrrole nitrogens is 2. The number of rotatable bonds is 1. The average molecular weight is 277 g/mol. The number of para-hydroxylation sites is 2. The van der Waals surface area contributed by atoms with Gasteiger partial charge >= 0.3 is 0 Å². The third-order valence-corrected chi connectivity index (χ3v) is 3.57. The number of aromatic amines is 2. The maximum absolute atomic E-state index is 12.2. The van der Waals surface area contributed by atoms with Crippen LogP contribution in [0.4, 0.5) is 0 Å². The van der Waals surface area contributed by atoms with Crippen molar-refractivity contribution in [3.8, 4) is 5.69 Å². The van der Waals surface area contributed by atoms with Crippen LogP contribution in [-0.4, -0.2) is 14.8 Å². The van der Waals surface area contributed by atoms with Gasteiger partial charge in [-0.05, 0) is 18.2 Å². The lowest BCUT2D eigenvalue weighted by Crippen LogP contribution is -2.13. The summed E-state index contributed by atoms with van der Waals surface area (Å²) in [6.45, 7) is 0. The first-order chi connectivity index (χ1) is 10.3. The van der Waals surface area contributed by atoms with E-state index in [1.807, 2.05) is 54.6 Å². The van der Waals surface area contributed by atoms with Crippen LogP contribution in [0.25, 0.3) is 27.5 Å². The maximum Gasteiger partial charge on any atom is 0.277 e. The minimum Gasteiger partial charge on any atom is -0.321 e. The smallest absolute Gasteiger partial charge is 0.277 e.